The van der Waals surface area contributed by atoms with Crippen molar-refractivity contribution in [3.63, 3.8) is 0 Å². The lowest BCUT2D eigenvalue weighted by Crippen LogP contribution is -2.34. The molecule has 0 radical (unpaired) electrons. The number of carbonyl (C=O) groups is 1. The lowest BCUT2D eigenvalue weighted by atomic mass is 10.1. The van der Waals surface area contributed by atoms with Crippen LogP contribution in [0.1, 0.15) is 12.0 Å². The highest BCUT2D eigenvalue weighted by atomic mass is 16.2. The number of nitrogens with two attached hydrogens (primary N) is 1. The van der Waals surface area contributed by atoms with Gasteiger partial charge in [-0.25, -0.2) is 9.83 Å². The summed E-state index contributed by atoms with van der Waals surface area (Å²) in [5.74, 6) is 0.855. The SMILES string of the molecule is [C-]#[N+]c1ccc(-c2cc3n(c2)Cc2cc(N4CC[C@H](N)C4=O)ccc2-n2ccnc2-3)cc1. The van der Waals surface area contributed by atoms with Gasteiger partial charge in [-0.3, -0.25) is 9.36 Å². The predicted octanol–water partition coefficient (Wildman–Crippen LogP) is 3.98. The van der Waals surface area contributed by atoms with Crippen molar-refractivity contribution in [1.82, 2.24) is 14.1 Å². The molecule has 1 atom stereocenters. The second-order valence-electron chi connectivity index (χ2n) is 8.22. The van der Waals surface area contributed by atoms with Crippen LogP contribution in [-0.4, -0.2) is 32.6 Å². The molecule has 0 aliphatic carbocycles. The molecule has 0 saturated carbocycles. The van der Waals surface area contributed by atoms with Crippen molar-refractivity contribution in [3.8, 4) is 28.3 Å². The predicted molar refractivity (Wildman–Crippen MR) is 123 cm³/mol. The highest BCUT2D eigenvalue weighted by Gasteiger charge is 2.30. The van der Waals surface area contributed by atoms with E-state index in [0.29, 0.717) is 25.2 Å². The molecule has 1 fully saturated rings. The molecule has 2 aromatic carbocycles. The Balaban J connectivity index is 1.45. The molecule has 32 heavy (non-hydrogen) atoms. The number of rotatable bonds is 2. The number of hydrogen-bond donors (Lipinski definition) is 1. The fraction of sp³-hybridized carbons (Fsp3) is 0.160. The summed E-state index contributed by atoms with van der Waals surface area (Å²) < 4.78 is 4.30. The first-order chi connectivity index (χ1) is 15.6. The average molecular weight is 420 g/mol. The van der Waals surface area contributed by atoms with Gasteiger partial charge in [0.2, 0.25) is 5.91 Å². The number of anilines is 1. The molecule has 4 heterocycles. The summed E-state index contributed by atoms with van der Waals surface area (Å²) in [6, 6.07) is 15.5. The number of fused-ring (bicyclic) bond motifs is 5. The van der Waals surface area contributed by atoms with E-state index in [-0.39, 0.29) is 5.91 Å². The van der Waals surface area contributed by atoms with Gasteiger partial charge in [0, 0.05) is 42.9 Å². The Labute approximate surface area is 185 Å². The molecule has 2 N–H and O–H groups in total. The van der Waals surface area contributed by atoms with Crippen molar-refractivity contribution in [2.75, 3.05) is 11.4 Å². The minimum Gasteiger partial charge on any atom is -0.340 e. The van der Waals surface area contributed by atoms with Crippen molar-refractivity contribution in [2.24, 2.45) is 5.73 Å². The first-order valence-electron chi connectivity index (χ1n) is 10.5. The Morgan fingerprint density at radius 3 is 2.69 bits per heavy atom. The summed E-state index contributed by atoms with van der Waals surface area (Å²) in [5, 5.41) is 0. The molecule has 4 aromatic rings. The molecule has 0 bridgehead atoms. The molecular formula is C25H20N6O. The number of aromatic nitrogens is 3. The Morgan fingerprint density at radius 1 is 1.09 bits per heavy atom. The molecule has 1 saturated heterocycles. The minimum absolute atomic E-state index is 0.0197. The summed E-state index contributed by atoms with van der Waals surface area (Å²) in [7, 11) is 0. The van der Waals surface area contributed by atoms with E-state index in [2.05, 4.69) is 43.4 Å². The second-order valence-corrected chi connectivity index (χ2v) is 8.22. The number of benzene rings is 2. The lowest BCUT2D eigenvalue weighted by Gasteiger charge is -2.19. The second kappa shape index (κ2) is 6.94. The maximum Gasteiger partial charge on any atom is 0.243 e. The van der Waals surface area contributed by atoms with Crippen molar-refractivity contribution >= 4 is 17.3 Å². The van der Waals surface area contributed by atoms with Crippen molar-refractivity contribution in [1.29, 1.82) is 0 Å². The van der Waals surface area contributed by atoms with Crippen molar-refractivity contribution in [2.45, 2.75) is 19.0 Å². The summed E-state index contributed by atoms with van der Waals surface area (Å²) in [5.41, 5.74) is 12.8. The van der Waals surface area contributed by atoms with Gasteiger partial charge in [0.25, 0.3) is 0 Å². The number of amides is 1. The zero-order chi connectivity index (χ0) is 21.8. The zero-order valence-corrected chi connectivity index (χ0v) is 17.3. The fourth-order valence-electron chi connectivity index (χ4n) is 4.65. The van der Waals surface area contributed by atoms with Crippen LogP contribution in [-0.2, 0) is 11.3 Å². The molecular weight excluding hydrogens is 400 g/mol. The number of carbonyl (C=O) groups excluding carboxylic acids is 1. The number of imidazole rings is 1. The molecule has 2 aliphatic heterocycles. The number of nitrogens with zero attached hydrogens (tertiary/aromatic N) is 5. The van der Waals surface area contributed by atoms with Crippen molar-refractivity contribution in [3.05, 3.63) is 84.1 Å². The first kappa shape index (κ1) is 18.6. The number of hydrogen-bond acceptors (Lipinski definition) is 3. The topological polar surface area (TPSA) is 73.4 Å². The highest BCUT2D eigenvalue weighted by Crippen LogP contribution is 2.36. The Kier molecular flexibility index (Phi) is 4.03. The summed E-state index contributed by atoms with van der Waals surface area (Å²) >= 11 is 0. The zero-order valence-electron chi connectivity index (χ0n) is 17.3. The minimum atomic E-state index is -0.415. The van der Waals surface area contributed by atoms with E-state index < -0.39 is 6.04 Å². The van der Waals surface area contributed by atoms with Crippen LogP contribution < -0.4 is 10.6 Å². The lowest BCUT2D eigenvalue weighted by molar-refractivity contribution is -0.118. The van der Waals surface area contributed by atoms with Crippen LogP contribution in [0.5, 0.6) is 0 Å². The van der Waals surface area contributed by atoms with E-state index in [1.165, 1.54) is 0 Å². The van der Waals surface area contributed by atoms with Crippen LogP contribution in [0.3, 0.4) is 0 Å². The van der Waals surface area contributed by atoms with Crippen LogP contribution in [0.2, 0.25) is 0 Å². The van der Waals surface area contributed by atoms with E-state index >= 15 is 0 Å². The van der Waals surface area contributed by atoms with E-state index in [1.807, 2.05) is 42.7 Å². The van der Waals surface area contributed by atoms with Gasteiger partial charge >= 0.3 is 0 Å². The third-order valence-electron chi connectivity index (χ3n) is 6.32. The molecule has 7 nitrogen and oxygen atoms in total. The highest BCUT2D eigenvalue weighted by molar-refractivity contribution is 5.99. The third-order valence-corrected chi connectivity index (χ3v) is 6.32. The molecule has 156 valence electrons. The maximum absolute atomic E-state index is 12.5. The van der Waals surface area contributed by atoms with Gasteiger partial charge < -0.3 is 15.2 Å². The van der Waals surface area contributed by atoms with Crippen LogP contribution >= 0.6 is 0 Å². The van der Waals surface area contributed by atoms with E-state index in [1.54, 1.807) is 4.90 Å². The average Bonchev–Trinajstić information content (AvgIpc) is 3.52. The van der Waals surface area contributed by atoms with Crippen LogP contribution in [0.25, 0.3) is 33.2 Å². The van der Waals surface area contributed by atoms with Gasteiger partial charge in [0.15, 0.2) is 11.5 Å². The van der Waals surface area contributed by atoms with Gasteiger partial charge in [-0.15, -0.1) is 0 Å². The first-order valence-corrected chi connectivity index (χ1v) is 10.5. The van der Waals surface area contributed by atoms with Crippen LogP contribution in [0, 0.1) is 6.57 Å². The molecule has 1 amide bonds. The van der Waals surface area contributed by atoms with Crippen LogP contribution in [0.4, 0.5) is 11.4 Å². The Hall–Kier alpha value is -4.15. The summed E-state index contributed by atoms with van der Waals surface area (Å²) in [6.07, 6.45) is 6.58. The monoisotopic (exact) mass is 420 g/mol. The quantitative estimate of drug-likeness (QED) is 0.439. The smallest absolute Gasteiger partial charge is 0.243 e. The van der Waals surface area contributed by atoms with Crippen molar-refractivity contribution < 1.29 is 4.79 Å². The van der Waals surface area contributed by atoms with Gasteiger partial charge in [-0.2, -0.15) is 0 Å². The summed E-state index contributed by atoms with van der Waals surface area (Å²) in [4.78, 5) is 22.4. The standard InChI is InChI=1S/C25H20N6O/c1-27-19-4-2-16(3-5-19)17-13-23-24-28-9-11-31(24)22-7-6-20(12-18(22)15-29(23)14-17)30-10-8-21(26)25(30)32/h2-7,9,11-14,21H,8,10,15,26H2/t21-/m0/s1. The van der Waals surface area contributed by atoms with Gasteiger partial charge in [-0.1, -0.05) is 24.3 Å². The van der Waals surface area contributed by atoms with E-state index in [0.717, 1.165) is 39.6 Å². The Bertz CT molecular complexity index is 1410. The van der Waals surface area contributed by atoms with Gasteiger partial charge in [0.1, 0.15) is 0 Å². The fourth-order valence-corrected chi connectivity index (χ4v) is 4.65. The molecule has 2 aliphatic rings. The van der Waals surface area contributed by atoms with E-state index in [4.69, 9.17) is 12.3 Å². The molecule has 6 rings (SSSR count). The Morgan fingerprint density at radius 2 is 1.94 bits per heavy atom. The molecule has 7 heteroatoms. The largest absolute Gasteiger partial charge is 0.340 e. The van der Waals surface area contributed by atoms with Crippen LogP contribution in [0.15, 0.2) is 67.1 Å². The maximum atomic E-state index is 12.5. The molecule has 2 aromatic heterocycles. The third kappa shape index (κ3) is 2.77. The van der Waals surface area contributed by atoms with Gasteiger partial charge in [0.05, 0.1) is 24.0 Å². The normalized spacial score (nSPS) is 16.8. The summed E-state index contributed by atoms with van der Waals surface area (Å²) in [6.45, 7) is 8.47. The molecule has 0 spiro atoms. The van der Waals surface area contributed by atoms with Gasteiger partial charge in [-0.05, 0) is 41.8 Å². The van der Waals surface area contributed by atoms with E-state index in [9.17, 15) is 4.79 Å². The molecule has 0 unspecified atom stereocenters.